The fraction of sp³-hybridized carbons (Fsp3) is 0.900. The molecule has 0 aromatic rings. The lowest BCUT2D eigenvalue weighted by atomic mass is 10.2. The van der Waals surface area contributed by atoms with Crippen molar-refractivity contribution < 1.29 is 13.2 Å². The van der Waals surface area contributed by atoms with Crippen LogP contribution in [0.15, 0.2) is 0 Å². The van der Waals surface area contributed by atoms with Crippen molar-refractivity contribution in [3.05, 3.63) is 0 Å². The summed E-state index contributed by atoms with van der Waals surface area (Å²) in [6.45, 7) is 1.89. The Morgan fingerprint density at radius 2 is 2.24 bits per heavy atom. The van der Waals surface area contributed by atoms with Crippen LogP contribution in [0.25, 0.3) is 0 Å². The lowest BCUT2D eigenvalue weighted by molar-refractivity contribution is -0.128. The molecule has 1 fully saturated rings. The summed E-state index contributed by atoms with van der Waals surface area (Å²) in [5.41, 5.74) is 5.59. The predicted octanol–water partition coefficient (Wildman–Crippen LogP) is -0.288. The van der Waals surface area contributed by atoms with E-state index < -0.39 is 9.84 Å². The molecule has 1 rings (SSSR count). The average molecular weight is 280 g/mol. The van der Waals surface area contributed by atoms with Crippen LogP contribution in [0.3, 0.4) is 0 Å². The standard InChI is InChI=1S/C10H20N2O3S2/c1-8(11)5-16-6-10(13)12(2)9-3-4-17(14,15)7-9/h8-9H,3-7,11H2,1-2H3. The maximum atomic E-state index is 11.8. The summed E-state index contributed by atoms with van der Waals surface area (Å²) in [5, 5.41) is 0. The fourth-order valence-electron chi connectivity index (χ4n) is 1.72. The van der Waals surface area contributed by atoms with Crippen LogP contribution in [0.5, 0.6) is 0 Å². The van der Waals surface area contributed by atoms with Gasteiger partial charge in [0.15, 0.2) is 9.84 Å². The Labute approximate surface area is 107 Å². The van der Waals surface area contributed by atoms with Crippen molar-refractivity contribution in [3.63, 3.8) is 0 Å². The molecule has 0 aromatic carbocycles. The third-order valence-electron chi connectivity index (χ3n) is 2.76. The average Bonchev–Trinajstić information content (AvgIpc) is 2.57. The molecule has 0 radical (unpaired) electrons. The minimum absolute atomic E-state index is 0.0160. The van der Waals surface area contributed by atoms with E-state index in [1.54, 1.807) is 11.9 Å². The molecule has 17 heavy (non-hydrogen) atoms. The molecular weight excluding hydrogens is 260 g/mol. The number of thioether (sulfide) groups is 1. The molecule has 0 aromatic heterocycles. The predicted molar refractivity (Wildman–Crippen MR) is 70.8 cm³/mol. The summed E-state index contributed by atoms with van der Waals surface area (Å²) in [6.07, 6.45) is 0.558. The Morgan fingerprint density at radius 3 is 2.71 bits per heavy atom. The number of sulfone groups is 1. The van der Waals surface area contributed by atoms with Crippen molar-refractivity contribution in [3.8, 4) is 0 Å². The first-order valence-corrected chi connectivity index (χ1v) is 8.59. The number of nitrogens with two attached hydrogens (primary N) is 1. The molecule has 2 N–H and O–H groups in total. The number of nitrogens with zero attached hydrogens (tertiary/aromatic N) is 1. The first kappa shape index (κ1) is 14.8. The zero-order chi connectivity index (χ0) is 13.1. The molecule has 1 heterocycles. The van der Waals surface area contributed by atoms with E-state index in [9.17, 15) is 13.2 Å². The second kappa shape index (κ2) is 6.06. The molecule has 5 nitrogen and oxygen atoms in total. The Balaban J connectivity index is 2.37. The normalized spacial score (nSPS) is 24.5. The van der Waals surface area contributed by atoms with Gasteiger partial charge < -0.3 is 10.6 Å². The van der Waals surface area contributed by atoms with Gasteiger partial charge in [-0.2, -0.15) is 11.8 Å². The minimum atomic E-state index is -2.93. The SMILES string of the molecule is CC(N)CSCC(=O)N(C)C1CCS(=O)(=O)C1. The highest BCUT2D eigenvalue weighted by Crippen LogP contribution is 2.17. The molecule has 1 amide bonds. The van der Waals surface area contributed by atoms with Gasteiger partial charge in [-0.3, -0.25) is 4.79 Å². The molecule has 0 bridgehead atoms. The number of hydrogen-bond acceptors (Lipinski definition) is 5. The van der Waals surface area contributed by atoms with E-state index in [0.29, 0.717) is 12.2 Å². The van der Waals surface area contributed by atoms with Gasteiger partial charge in [0.2, 0.25) is 5.91 Å². The van der Waals surface area contributed by atoms with E-state index in [-0.39, 0.29) is 29.5 Å². The lowest BCUT2D eigenvalue weighted by Crippen LogP contribution is -2.39. The number of hydrogen-bond donors (Lipinski definition) is 1. The summed E-state index contributed by atoms with van der Waals surface area (Å²) in [4.78, 5) is 13.4. The van der Waals surface area contributed by atoms with E-state index in [1.807, 2.05) is 6.92 Å². The van der Waals surface area contributed by atoms with Gasteiger partial charge in [-0.05, 0) is 13.3 Å². The molecule has 1 aliphatic rings. The smallest absolute Gasteiger partial charge is 0.232 e. The molecule has 2 unspecified atom stereocenters. The second-order valence-corrected chi connectivity index (χ2v) is 7.81. The first-order chi connectivity index (χ1) is 7.82. The number of amides is 1. The zero-order valence-electron chi connectivity index (χ0n) is 10.3. The fourth-order valence-corrected chi connectivity index (χ4v) is 4.36. The third-order valence-corrected chi connectivity index (χ3v) is 5.72. The quantitative estimate of drug-likeness (QED) is 0.748. The molecule has 0 aliphatic carbocycles. The van der Waals surface area contributed by atoms with Crippen LogP contribution in [-0.2, 0) is 14.6 Å². The van der Waals surface area contributed by atoms with Gasteiger partial charge in [0.05, 0.1) is 17.3 Å². The van der Waals surface area contributed by atoms with Crippen LogP contribution in [0.2, 0.25) is 0 Å². The Morgan fingerprint density at radius 1 is 1.59 bits per heavy atom. The molecule has 0 spiro atoms. The Bertz CT molecular complexity index is 368. The molecule has 100 valence electrons. The summed E-state index contributed by atoms with van der Waals surface area (Å²) < 4.78 is 22.6. The van der Waals surface area contributed by atoms with E-state index in [0.717, 1.165) is 5.75 Å². The van der Waals surface area contributed by atoms with Crippen molar-refractivity contribution in [2.24, 2.45) is 5.73 Å². The van der Waals surface area contributed by atoms with Gasteiger partial charge in [-0.15, -0.1) is 0 Å². The summed E-state index contributed by atoms with van der Waals surface area (Å²) in [6, 6.07) is -0.0756. The topological polar surface area (TPSA) is 80.5 Å². The van der Waals surface area contributed by atoms with E-state index in [2.05, 4.69) is 0 Å². The summed E-state index contributed by atoms with van der Waals surface area (Å²) in [7, 11) is -1.25. The minimum Gasteiger partial charge on any atom is -0.341 e. The van der Waals surface area contributed by atoms with Gasteiger partial charge in [0, 0.05) is 24.9 Å². The van der Waals surface area contributed by atoms with Crippen LogP contribution in [0.4, 0.5) is 0 Å². The number of carbonyl (C=O) groups excluding carboxylic acids is 1. The van der Waals surface area contributed by atoms with Crippen molar-refractivity contribution in [1.82, 2.24) is 4.90 Å². The molecule has 1 saturated heterocycles. The maximum Gasteiger partial charge on any atom is 0.232 e. The van der Waals surface area contributed by atoms with Crippen molar-refractivity contribution in [1.29, 1.82) is 0 Å². The number of carbonyl (C=O) groups is 1. The number of rotatable bonds is 5. The molecule has 7 heteroatoms. The van der Waals surface area contributed by atoms with Gasteiger partial charge in [-0.25, -0.2) is 8.42 Å². The molecular formula is C10H20N2O3S2. The van der Waals surface area contributed by atoms with Crippen LogP contribution >= 0.6 is 11.8 Å². The Kier molecular flexibility index (Phi) is 5.27. The molecule has 1 aliphatic heterocycles. The summed E-state index contributed by atoms with van der Waals surface area (Å²) >= 11 is 1.49. The maximum absolute atomic E-state index is 11.8. The lowest BCUT2D eigenvalue weighted by Gasteiger charge is -2.23. The van der Waals surface area contributed by atoms with E-state index in [1.165, 1.54) is 11.8 Å². The van der Waals surface area contributed by atoms with E-state index >= 15 is 0 Å². The highest BCUT2D eigenvalue weighted by Gasteiger charge is 2.32. The van der Waals surface area contributed by atoms with Crippen LogP contribution in [0.1, 0.15) is 13.3 Å². The van der Waals surface area contributed by atoms with E-state index in [4.69, 9.17) is 5.73 Å². The van der Waals surface area contributed by atoms with Crippen molar-refractivity contribution in [2.75, 3.05) is 30.1 Å². The van der Waals surface area contributed by atoms with Crippen molar-refractivity contribution >= 4 is 27.5 Å². The van der Waals surface area contributed by atoms with Crippen LogP contribution in [0, 0.1) is 0 Å². The highest BCUT2D eigenvalue weighted by atomic mass is 32.2. The largest absolute Gasteiger partial charge is 0.341 e. The van der Waals surface area contributed by atoms with Crippen molar-refractivity contribution in [2.45, 2.75) is 25.4 Å². The summed E-state index contributed by atoms with van der Waals surface area (Å²) in [5.74, 6) is 1.39. The third kappa shape index (κ3) is 4.85. The molecule has 2 atom stereocenters. The Hall–Kier alpha value is -0.270. The van der Waals surface area contributed by atoms with Gasteiger partial charge >= 0.3 is 0 Å². The zero-order valence-corrected chi connectivity index (χ0v) is 11.9. The highest BCUT2D eigenvalue weighted by molar-refractivity contribution is 8.00. The van der Waals surface area contributed by atoms with Crippen LogP contribution < -0.4 is 5.73 Å². The van der Waals surface area contributed by atoms with Gasteiger partial charge in [0.25, 0.3) is 0 Å². The first-order valence-electron chi connectivity index (χ1n) is 5.61. The van der Waals surface area contributed by atoms with Crippen LogP contribution in [-0.4, -0.2) is 61.4 Å². The molecule has 0 saturated carbocycles. The van der Waals surface area contributed by atoms with Gasteiger partial charge in [-0.1, -0.05) is 0 Å². The monoisotopic (exact) mass is 280 g/mol. The van der Waals surface area contributed by atoms with Gasteiger partial charge in [0.1, 0.15) is 0 Å². The second-order valence-electron chi connectivity index (χ2n) is 4.55.